The average Bonchev–Trinajstić information content (AvgIpc) is 2.55. The van der Waals surface area contributed by atoms with E-state index < -0.39 is 23.8 Å². The predicted molar refractivity (Wildman–Crippen MR) is 90.7 cm³/mol. The number of benzene rings is 2. The molecule has 0 saturated heterocycles. The van der Waals surface area contributed by atoms with E-state index in [-0.39, 0.29) is 5.69 Å². The van der Waals surface area contributed by atoms with Crippen LogP contribution >= 0.6 is 0 Å². The first-order valence-corrected chi connectivity index (χ1v) is 7.93. The number of nitrogens with one attached hydrogen (secondary N) is 1. The smallest absolute Gasteiger partial charge is 0.418 e. The first-order chi connectivity index (χ1) is 11.7. The van der Waals surface area contributed by atoms with Crippen molar-refractivity contribution in [1.82, 2.24) is 0 Å². The van der Waals surface area contributed by atoms with Crippen LogP contribution in [0.15, 0.2) is 42.5 Å². The molecule has 0 aliphatic carbocycles. The van der Waals surface area contributed by atoms with Crippen molar-refractivity contribution in [2.24, 2.45) is 0 Å². The lowest BCUT2D eigenvalue weighted by molar-refractivity contribution is -0.137. The predicted octanol–water partition coefficient (Wildman–Crippen LogP) is 5.12. The Morgan fingerprint density at radius 3 is 2.48 bits per heavy atom. The van der Waals surface area contributed by atoms with E-state index in [0.717, 1.165) is 17.2 Å². The Hall–Kier alpha value is -2.50. The topological polar surface area (TPSA) is 38.3 Å². The second-order valence-corrected chi connectivity index (χ2v) is 5.82. The van der Waals surface area contributed by atoms with Gasteiger partial charge in [-0.15, -0.1) is 0 Å². The summed E-state index contributed by atoms with van der Waals surface area (Å²) in [5.74, 6) is -0.0637. The maximum Gasteiger partial charge on any atom is 0.418 e. The van der Waals surface area contributed by atoms with E-state index in [1.807, 2.05) is 26.0 Å². The van der Waals surface area contributed by atoms with Crippen LogP contribution in [0.4, 0.5) is 18.9 Å². The molecule has 1 atom stereocenters. The van der Waals surface area contributed by atoms with Gasteiger partial charge in [0, 0.05) is 0 Å². The fourth-order valence-electron chi connectivity index (χ4n) is 2.36. The molecule has 1 amide bonds. The van der Waals surface area contributed by atoms with Gasteiger partial charge in [-0.05, 0) is 49.6 Å². The van der Waals surface area contributed by atoms with E-state index >= 15 is 0 Å². The Morgan fingerprint density at radius 2 is 1.84 bits per heavy atom. The van der Waals surface area contributed by atoms with Crippen molar-refractivity contribution in [2.75, 3.05) is 5.32 Å². The molecule has 1 N–H and O–H groups in total. The molecule has 25 heavy (non-hydrogen) atoms. The molecule has 2 rings (SSSR count). The molecule has 0 aliphatic heterocycles. The highest BCUT2D eigenvalue weighted by atomic mass is 19.4. The second-order valence-electron chi connectivity index (χ2n) is 5.82. The number of hydrogen-bond acceptors (Lipinski definition) is 2. The van der Waals surface area contributed by atoms with Crippen LogP contribution in [0.25, 0.3) is 0 Å². The minimum atomic E-state index is -4.54. The van der Waals surface area contributed by atoms with Crippen molar-refractivity contribution in [2.45, 2.75) is 39.5 Å². The highest BCUT2D eigenvalue weighted by molar-refractivity contribution is 5.95. The average molecular weight is 351 g/mol. The van der Waals surface area contributed by atoms with Crippen LogP contribution in [-0.2, 0) is 11.0 Å². The largest absolute Gasteiger partial charge is 0.480 e. The van der Waals surface area contributed by atoms with E-state index in [1.165, 1.54) is 18.2 Å². The summed E-state index contributed by atoms with van der Waals surface area (Å²) < 4.78 is 44.9. The van der Waals surface area contributed by atoms with Gasteiger partial charge in [0.1, 0.15) is 5.75 Å². The third kappa shape index (κ3) is 4.75. The maximum atomic E-state index is 13.0. The van der Waals surface area contributed by atoms with Crippen LogP contribution in [0.3, 0.4) is 0 Å². The molecule has 0 fully saturated rings. The van der Waals surface area contributed by atoms with Crippen molar-refractivity contribution >= 4 is 11.6 Å². The van der Waals surface area contributed by atoms with Gasteiger partial charge in [0.2, 0.25) is 0 Å². The minimum absolute atomic E-state index is 0.275. The molecule has 0 heterocycles. The monoisotopic (exact) mass is 351 g/mol. The van der Waals surface area contributed by atoms with E-state index in [9.17, 15) is 18.0 Å². The SMILES string of the molecule is CCC(Oc1cc(C)ccc1C)C(=O)Nc1ccccc1C(F)(F)F. The van der Waals surface area contributed by atoms with Crippen molar-refractivity contribution < 1.29 is 22.7 Å². The lowest BCUT2D eigenvalue weighted by Gasteiger charge is -2.20. The van der Waals surface area contributed by atoms with Gasteiger partial charge in [0.25, 0.3) is 5.91 Å². The number of hydrogen-bond donors (Lipinski definition) is 1. The molecule has 134 valence electrons. The van der Waals surface area contributed by atoms with Gasteiger partial charge >= 0.3 is 6.18 Å². The third-order valence-corrected chi connectivity index (χ3v) is 3.77. The molecule has 0 radical (unpaired) electrons. The van der Waals surface area contributed by atoms with Gasteiger partial charge in [0.05, 0.1) is 11.3 Å². The van der Waals surface area contributed by atoms with E-state index in [0.29, 0.717) is 12.2 Å². The minimum Gasteiger partial charge on any atom is -0.480 e. The summed E-state index contributed by atoms with van der Waals surface area (Å²) in [6.45, 7) is 5.48. The van der Waals surface area contributed by atoms with Crippen molar-refractivity contribution in [3.05, 3.63) is 59.2 Å². The zero-order valence-electron chi connectivity index (χ0n) is 14.3. The Balaban J connectivity index is 2.20. The number of aryl methyl sites for hydroxylation is 2. The highest BCUT2D eigenvalue weighted by Crippen LogP contribution is 2.34. The van der Waals surface area contributed by atoms with Gasteiger partial charge < -0.3 is 10.1 Å². The van der Waals surface area contributed by atoms with Crippen LogP contribution in [0.5, 0.6) is 5.75 Å². The summed E-state index contributed by atoms with van der Waals surface area (Å²) in [5.41, 5.74) is 0.666. The Bertz CT molecular complexity index is 757. The van der Waals surface area contributed by atoms with Crippen LogP contribution in [0.2, 0.25) is 0 Å². The van der Waals surface area contributed by atoms with Gasteiger partial charge in [-0.1, -0.05) is 31.2 Å². The van der Waals surface area contributed by atoms with E-state index in [2.05, 4.69) is 5.32 Å². The number of alkyl halides is 3. The standard InChI is InChI=1S/C19H20F3NO2/c1-4-16(25-17-11-12(2)9-10-13(17)3)18(24)23-15-8-6-5-7-14(15)19(20,21)22/h5-11,16H,4H2,1-3H3,(H,23,24). The molecule has 6 heteroatoms. The number of rotatable bonds is 5. The van der Waals surface area contributed by atoms with Gasteiger partial charge in [0.15, 0.2) is 6.10 Å². The first-order valence-electron chi connectivity index (χ1n) is 7.93. The van der Waals surface area contributed by atoms with Crippen molar-refractivity contribution in [3.8, 4) is 5.75 Å². The molecule has 2 aromatic carbocycles. The molecule has 0 aliphatic rings. The number of carbonyl (C=O) groups is 1. The van der Waals surface area contributed by atoms with Crippen LogP contribution in [0.1, 0.15) is 30.0 Å². The molecular formula is C19H20F3NO2. The summed E-state index contributed by atoms with van der Waals surface area (Å²) in [6.07, 6.45) is -5.10. The lowest BCUT2D eigenvalue weighted by atomic mass is 10.1. The summed E-state index contributed by atoms with van der Waals surface area (Å²) >= 11 is 0. The third-order valence-electron chi connectivity index (χ3n) is 3.77. The van der Waals surface area contributed by atoms with Gasteiger partial charge in [-0.25, -0.2) is 0 Å². The van der Waals surface area contributed by atoms with Crippen LogP contribution in [-0.4, -0.2) is 12.0 Å². The molecule has 0 spiro atoms. The molecule has 0 aromatic heterocycles. The van der Waals surface area contributed by atoms with E-state index in [4.69, 9.17) is 4.74 Å². The fourth-order valence-corrected chi connectivity index (χ4v) is 2.36. The zero-order valence-corrected chi connectivity index (χ0v) is 14.3. The highest BCUT2D eigenvalue weighted by Gasteiger charge is 2.34. The van der Waals surface area contributed by atoms with E-state index in [1.54, 1.807) is 13.0 Å². The number of ether oxygens (including phenoxy) is 1. The summed E-state index contributed by atoms with van der Waals surface area (Å²) in [5, 5.41) is 2.34. The zero-order chi connectivity index (χ0) is 18.6. The Kier molecular flexibility index (Phi) is 5.72. The number of anilines is 1. The number of amides is 1. The number of carbonyl (C=O) groups excluding carboxylic acids is 1. The Labute approximate surface area is 144 Å². The maximum absolute atomic E-state index is 13.0. The van der Waals surface area contributed by atoms with Crippen molar-refractivity contribution in [1.29, 1.82) is 0 Å². The molecular weight excluding hydrogens is 331 g/mol. The summed E-state index contributed by atoms with van der Waals surface area (Å²) in [6, 6.07) is 10.5. The van der Waals surface area contributed by atoms with Crippen LogP contribution in [0, 0.1) is 13.8 Å². The number of para-hydroxylation sites is 1. The van der Waals surface area contributed by atoms with Gasteiger partial charge in [-0.3, -0.25) is 4.79 Å². The van der Waals surface area contributed by atoms with Crippen LogP contribution < -0.4 is 10.1 Å². The first kappa shape index (κ1) is 18.8. The normalized spacial score (nSPS) is 12.6. The summed E-state index contributed by atoms with van der Waals surface area (Å²) in [7, 11) is 0. The quantitative estimate of drug-likeness (QED) is 0.812. The molecule has 2 aromatic rings. The van der Waals surface area contributed by atoms with Gasteiger partial charge in [-0.2, -0.15) is 13.2 Å². The molecule has 1 unspecified atom stereocenters. The molecule has 0 saturated carbocycles. The summed E-state index contributed by atoms with van der Waals surface area (Å²) in [4.78, 5) is 12.4. The van der Waals surface area contributed by atoms with Crippen molar-refractivity contribution in [3.63, 3.8) is 0 Å². The lowest BCUT2D eigenvalue weighted by Crippen LogP contribution is -2.33. The molecule has 0 bridgehead atoms. The second kappa shape index (κ2) is 7.59. The molecule has 3 nitrogen and oxygen atoms in total. The number of halogens is 3. The fraction of sp³-hybridized carbons (Fsp3) is 0.316. The Morgan fingerprint density at radius 1 is 1.16 bits per heavy atom.